The Hall–Kier alpha value is -1.82. The number of benzene rings is 1. The molecular weight excluding hydrogens is 370 g/mol. The topological polar surface area (TPSA) is 64.6 Å². The highest BCUT2D eigenvalue weighted by Crippen LogP contribution is 2.37. The summed E-state index contributed by atoms with van der Waals surface area (Å²) in [6, 6.07) is 1.21. The van der Waals surface area contributed by atoms with Crippen LogP contribution in [0.3, 0.4) is 0 Å². The predicted molar refractivity (Wildman–Crippen MR) is 118 cm³/mol. The summed E-state index contributed by atoms with van der Waals surface area (Å²) in [5.41, 5.74) is 3.07. The maximum Gasteiger partial charge on any atom is 0.408 e. The van der Waals surface area contributed by atoms with Gasteiger partial charge in [-0.15, -0.1) is 0 Å². The Morgan fingerprint density at radius 3 is 2.00 bits per heavy atom. The van der Waals surface area contributed by atoms with Crippen molar-refractivity contribution in [3.05, 3.63) is 28.3 Å². The number of Topliss-reactive ketones (excluding diaryl/α,β-unsaturated/α-hetero) is 1. The highest BCUT2D eigenvalue weighted by molar-refractivity contribution is 6.07. The molecular formula is C22H37NO4Si. The van der Waals surface area contributed by atoms with Gasteiger partial charge in [-0.2, -0.15) is 0 Å². The van der Waals surface area contributed by atoms with Crippen LogP contribution >= 0.6 is 0 Å². The minimum absolute atomic E-state index is 0.0587. The summed E-state index contributed by atoms with van der Waals surface area (Å²) in [6.45, 7) is 19.7. The quantitative estimate of drug-likeness (QED) is 0.592. The molecule has 1 amide bonds. The van der Waals surface area contributed by atoms with Gasteiger partial charge < -0.3 is 14.5 Å². The molecule has 0 radical (unpaired) electrons. The Morgan fingerprint density at radius 2 is 1.61 bits per heavy atom. The fraction of sp³-hybridized carbons (Fsp3) is 0.636. The van der Waals surface area contributed by atoms with Gasteiger partial charge in [0.1, 0.15) is 11.4 Å². The molecule has 158 valence electrons. The second-order valence-corrected chi connectivity index (χ2v) is 10.2. The van der Waals surface area contributed by atoms with Gasteiger partial charge in [-0.3, -0.25) is 4.79 Å². The molecule has 1 N–H and O–H groups in total. The van der Waals surface area contributed by atoms with Gasteiger partial charge in [0.05, 0.1) is 11.6 Å². The Morgan fingerprint density at radius 1 is 1.07 bits per heavy atom. The lowest BCUT2D eigenvalue weighted by molar-refractivity contribution is 0.0475. The van der Waals surface area contributed by atoms with Gasteiger partial charge in [0.15, 0.2) is 5.78 Å². The fourth-order valence-corrected chi connectivity index (χ4v) is 4.23. The molecule has 0 aliphatic heterocycles. The number of aryl methyl sites for hydroxylation is 1. The van der Waals surface area contributed by atoms with E-state index in [0.29, 0.717) is 21.8 Å². The Bertz CT molecular complexity index is 742. The van der Waals surface area contributed by atoms with E-state index < -0.39 is 17.7 Å². The number of hydrogen-bond acceptors (Lipinski definition) is 4. The predicted octanol–water partition coefficient (Wildman–Crippen LogP) is 3.99. The number of rotatable bonds is 5. The Balaban J connectivity index is 3.40. The monoisotopic (exact) mass is 407 g/mol. The van der Waals surface area contributed by atoms with Crippen molar-refractivity contribution in [2.24, 2.45) is 5.92 Å². The number of hydrogen-bond donors (Lipinski definition) is 1. The smallest absolute Gasteiger partial charge is 0.408 e. The highest BCUT2D eigenvalue weighted by Gasteiger charge is 2.32. The Labute approximate surface area is 173 Å². The van der Waals surface area contributed by atoms with Crippen molar-refractivity contribution in [2.45, 2.75) is 86.3 Å². The molecule has 0 fully saturated rings. The zero-order valence-corrected chi connectivity index (χ0v) is 21.4. The summed E-state index contributed by atoms with van der Waals surface area (Å²) in [6.07, 6.45) is -0.590. The normalized spacial score (nSPS) is 13.4. The SMILES string of the molecule is Cc1cc(C(=O)[C@@H](NC(=O)OC(C)(C)C)C(C)C)c(O[SiH3])c(C)c1C(C)(C)C. The number of ether oxygens (including phenoxy) is 1. The van der Waals surface area contributed by atoms with Crippen LogP contribution in [0.2, 0.25) is 0 Å². The minimum atomic E-state index is -0.690. The first kappa shape index (κ1) is 24.2. The summed E-state index contributed by atoms with van der Waals surface area (Å²) >= 11 is 0. The van der Waals surface area contributed by atoms with Crippen molar-refractivity contribution in [1.82, 2.24) is 5.32 Å². The van der Waals surface area contributed by atoms with Gasteiger partial charge in [-0.05, 0) is 68.7 Å². The van der Waals surface area contributed by atoms with E-state index in [4.69, 9.17) is 9.16 Å². The van der Waals surface area contributed by atoms with Crippen molar-refractivity contribution >= 4 is 22.4 Å². The number of ketones is 1. The average Bonchev–Trinajstić information content (AvgIpc) is 2.48. The van der Waals surface area contributed by atoms with Crippen molar-refractivity contribution in [3.8, 4) is 5.75 Å². The van der Waals surface area contributed by atoms with E-state index in [1.807, 2.05) is 33.8 Å². The van der Waals surface area contributed by atoms with Crippen LogP contribution in [-0.2, 0) is 10.2 Å². The van der Waals surface area contributed by atoms with Crippen molar-refractivity contribution < 1.29 is 18.8 Å². The molecule has 0 aromatic heterocycles. The van der Waals surface area contributed by atoms with E-state index in [1.54, 1.807) is 20.8 Å². The first-order valence-electron chi connectivity index (χ1n) is 9.82. The molecule has 1 aromatic carbocycles. The Kier molecular flexibility index (Phi) is 7.51. The van der Waals surface area contributed by atoms with E-state index in [9.17, 15) is 9.59 Å². The van der Waals surface area contributed by atoms with Crippen LogP contribution in [-0.4, -0.2) is 34.0 Å². The van der Waals surface area contributed by atoms with Gasteiger partial charge in [0.25, 0.3) is 0 Å². The van der Waals surface area contributed by atoms with Gasteiger partial charge in [-0.25, -0.2) is 4.79 Å². The second-order valence-electron chi connectivity index (χ2n) is 9.76. The molecule has 0 aliphatic rings. The van der Waals surface area contributed by atoms with Gasteiger partial charge in [0, 0.05) is 0 Å². The molecule has 0 bridgehead atoms. The van der Waals surface area contributed by atoms with Crippen LogP contribution in [0.1, 0.15) is 82.4 Å². The minimum Gasteiger partial charge on any atom is -0.552 e. The standard InChI is InChI=1S/C22H37NO4Si/c1-12(2)17(23-20(25)26-22(8,9)10)18(24)15-11-13(3)16(21(5,6)7)14(4)19(15)27-28/h11-12,17H,1-10,28H3,(H,23,25)/t17-/m0/s1. The van der Waals surface area contributed by atoms with E-state index in [2.05, 4.69) is 26.1 Å². The fourth-order valence-electron chi connectivity index (χ4n) is 3.70. The molecule has 28 heavy (non-hydrogen) atoms. The average molecular weight is 408 g/mol. The molecule has 1 rings (SSSR count). The molecule has 0 saturated heterocycles. The van der Waals surface area contributed by atoms with Crippen molar-refractivity contribution in [1.29, 1.82) is 0 Å². The van der Waals surface area contributed by atoms with Crippen LogP contribution in [0.5, 0.6) is 5.75 Å². The van der Waals surface area contributed by atoms with E-state index in [1.165, 1.54) is 5.56 Å². The molecule has 0 unspecified atom stereocenters. The number of nitrogens with one attached hydrogen (secondary N) is 1. The third kappa shape index (κ3) is 5.84. The number of alkyl carbamates (subject to hydrolysis) is 1. The number of amides is 1. The molecule has 0 heterocycles. The lowest BCUT2D eigenvalue weighted by Crippen LogP contribution is -2.46. The number of carbonyl (C=O) groups is 2. The van der Waals surface area contributed by atoms with Crippen LogP contribution in [0.15, 0.2) is 6.07 Å². The molecule has 1 atom stereocenters. The molecule has 0 aliphatic carbocycles. The summed E-state index contributed by atoms with van der Waals surface area (Å²) in [4.78, 5) is 25.7. The van der Waals surface area contributed by atoms with Crippen molar-refractivity contribution in [3.63, 3.8) is 0 Å². The summed E-state index contributed by atoms with van der Waals surface area (Å²) < 4.78 is 11.1. The van der Waals surface area contributed by atoms with Crippen LogP contribution in [0.4, 0.5) is 4.79 Å². The van der Waals surface area contributed by atoms with Crippen LogP contribution in [0.25, 0.3) is 0 Å². The first-order valence-corrected chi connectivity index (χ1v) is 10.6. The van der Waals surface area contributed by atoms with Crippen molar-refractivity contribution in [2.75, 3.05) is 0 Å². The number of carbonyl (C=O) groups excluding carboxylic acids is 2. The zero-order valence-electron chi connectivity index (χ0n) is 19.4. The largest absolute Gasteiger partial charge is 0.552 e. The zero-order chi connectivity index (χ0) is 22.0. The second kappa shape index (κ2) is 8.68. The van der Waals surface area contributed by atoms with Gasteiger partial charge in [-0.1, -0.05) is 34.6 Å². The molecule has 0 saturated carbocycles. The van der Waals surface area contributed by atoms with Gasteiger partial charge >= 0.3 is 6.09 Å². The molecule has 1 aromatic rings. The van der Waals surface area contributed by atoms with Gasteiger partial charge in [0.2, 0.25) is 10.5 Å². The van der Waals surface area contributed by atoms with E-state index in [-0.39, 0.29) is 17.1 Å². The van der Waals surface area contributed by atoms with E-state index in [0.717, 1.165) is 11.1 Å². The first-order chi connectivity index (χ1) is 12.6. The lowest BCUT2D eigenvalue weighted by atomic mass is 9.79. The summed E-state index contributed by atoms with van der Waals surface area (Å²) in [5.74, 6) is 0.382. The summed E-state index contributed by atoms with van der Waals surface area (Å²) in [7, 11) is 0.473. The molecule has 5 nitrogen and oxygen atoms in total. The third-order valence-corrected chi connectivity index (χ3v) is 4.96. The van der Waals surface area contributed by atoms with E-state index >= 15 is 0 Å². The molecule has 0 spiro atoms. The third-order valence-electron chi connectivity index (χ3n) is 4.56. The maximum absolute atomic E-state index is 13.4. The van der Waals surface area contributed by atoms with Crippen LogP contribution < -0.4 is 9.74 Å². The van der Waals surface area contributed by atoms with Crippen LogP contribution in [0, 0.1) is 19.8 Å². The maximum atomic E-state index is 13.4. The highest BCUT2D eigenvalue weighted by atomic mass is 28.2. The molecule has 6 heteroatoms. The lowest BCUT2D eigenvalue weighted by Gasteiger charge is -2.29. The summed E-state index contributed by atoms with van der Waals surface area (Å²) in [5, 5.41) is 2.75.